The van der Waals surface area contributed by atoms with Gasteiger partial charge in [0, 0.05) is 6.54 Å². The SMILES string of the molecule is CCNc1nnc(COc2ccc(F)c(Br)c2)s1. The van der Waals surface area contributed by atoms with Crippen LogP contribution in [0.1, 0.15) is 11.9 Å². The van der Waals surface area contributed by atoms with Crippen LogP contribution in [0.4, 0.5) is 9.52 Å². The van der Waals surface area contributed by atoms with Gasteiger partial charge in [0.15, 0.2) is 5.01 Å². The molecule has 7 heteroatoms. The van der Waals surface area contributed by atoms with Crippen LogP contribution in [0, 0.1) is 5.82 Å². The Labute approximate surface area is 116 Å². The number of benzene rings is 1. The minimum atomic E-state index is -0.312. The van der Waals surface area contributed by atoms with Gasteiger partial charge in [-0.15, -0.1) is 10.2 Å². The van der Waals surface area contributed by atoms with Gasteiger partial charge in [-0.3, -0.25) is 0 Å². The first-order valence-corrected chi connectivity index (χ1v) is 6.94. The number of hydrogen-bond acceptors (Lipinski definition) is 5. The Kier molecular flexibility index (Phi) is 4.48. The van der Waals surface area contributed by atoms with Crippen molar-refractivity contribution in [3.8, 4) is 5.75 Å². The molecule has 0 radical (unpaired) electrons. The normalized spacial score (nSPS) is 10.4. The van der Waals surface area contributed by atoms with Crippen molar-refractivity contribution in [3.63, 3.8) is 0 Å². The zero-order chi connectivity index (χ0) is 13.0. The van der Waals surface area contributed by atoms with E-state index in [1.807, 2.05) is 6.92 Å². The Morgan fingerprint density at radius 3 is 3.00 bits per heavy atom. The summed E-state index contributed by atoms with van der Waals surface area (Å²) in [4.78, 5) is 0. The van der Waals surface area contributed by atoms with E-state index in [1.165, 1.54) is 17.4 Å². The molecule has 18 heavy (non-hydrogen) atoms. The minimum absolute atomic E-state index is 0.312. The van der Waals surface area contributed by atoms with E-state index in [0.717, 1.165) is 16.7 Å². The number of hydrogen-bond donors (Lipinski definition) is 1. The Morgan fingerprint density at radius 1 is 1.44 bits per heavy atom. The zero-order valence-electron chi connectivity index (χ0n) is 9.61. The molecule has 0 aliphatic rings. The van der Waals surface area contributed by atoms with Crippen LogP contribution >= 0.6 is 27.3 Å². The van der Waals surface area contributed by atoms with Gasteiger partial charge in [-0.1, -0.05) is 11.3 Å². The van der Waals surface area contributed by atoms with Gasteiger partial charge in [0.2, 0.25) is 5.13 Å². The van der Waals surface area contributed by atoms with Crippen molar-refractivity contribution in [2.24, 2.45) is 0 Å². The first-order valence-electron chi connectivity index (χ1n) is 5.33. The number of ether oxygens (including phenoxy) is 1. The fourth-order valence-electron chi connectivity index (χ4n) is 1.25. The van der Waals surface area contributed by atoms with E-state index >= 15 is 0 Å². The van der Waals surface area contributed by atoms with Gasteiger partial charge in [-0.05, 0) is 41.1 Å². The van der Waals surface area contributed by atoms with E-state index in [2.05, 4.69) is 31.4 Å². The summed E-state index contributed by atoms with van der Waals surface area (Å²) >= 11 is 4.55. The third kappa shape index (κ3) is 3.39. The molecule has 1 aromatic carbocycles. The third-order valence-electron chi connectivity index (χ3n) is 2.05. The molecular weight excluding hydrogens is 321 g/mol. The summed E-state index contributed by atoms with van der Waals surface area (Å²) in [5.41, 5.74) is 0. The van der Waals surface area contributed by atoms with E-state index in [9.17, 15) is 4.39 Å². The van der Waals surface area contributed by atoms with Gasteiger partial charge in [0.1, 0.15) is 18.2 Å². The maximum Gasteiger partial charge on any atom is 0.205 e. The second kappa shape index (κ2) is 6.10. The van der Waals surface area contributed by atoms with Gasteiger partial charge in [-0.2, -0.15) is 0 Å². The van der Waals surface area contributed by atoms with Crippen molar-refractivity contribution in [2.45, 2.75) is 13.5 Å². The van der Waals surface area contributed by atoms with E-state index in [4.69, 9.17) is 4.74 Å². The highest BCUT2D eigenvalue weighted by Gasteiger charge is 2.05. The molecule has 0 saturated heterocycles. The molecule has 0 aliphatic carbocycles. The molecule has 0 unspecified atom stereocenters. The quantitative estimate of drug-likeness (QED) is 0.911. The summed E-state index contributed by atoms with van der Waals surface area (Å²) in [7, 11) is 0. The Bertz CT molecular complexity index is 535. The first-order chi connectivity index (χ1) is 8.69. The molecule has 2 aromatic rings. The fourth-order valence-corrected chi connectivity index (χ4v) is 2.32. The molecule has 1 aromatic heterocycles. The fraction of sp³-hybridized carbons (Fsp3) is 0.273. The van der Waals surface area contributed by atoms with Crippen molar-refractivity contribution in [3.05, 3.63) is 33.5 Å². The minimum Gasteiger partial charge on any atom is -0.486 e. The van der Waals surface area contributed by atoms with E-state index < -0.39 is 0 Å². The Balaban J connectivity index is 1.95. The number of aromatic nitrogens is 2. The maximum atomic E-state index is 13.0. The number of nitrogens with zero attached hydrogens (tertiary/aromatic N) is 2. The number of halogens is 2. The lowest BCUT2D eigenvalue weighted by molar-refractivity contribution is 0.304. The molecule has 2 rings (SSSR count). The van der Waals surface area contributed by atoms with Crippen molar-refractivity contribution in [1.82, 2.24) is 10.2 Å². The topological polar surface area (TPSA) is 47.0 Å². The van der Waals surface area contributed by atoms with Gasteiger partial charge < -0.3 is 10.1 Å². The molecule has 96 valence electrons. The standard InChI is InChI=1S/C11H11BrFN3OS/c1-2-14-11-16-15-10(18-11)6-17-7-3-4-9(13)8(12)5-7/h3-5H,2,6H2,1H3,(H,14,16). The number of anilines is 1. The lowest BCUT2D eigenvalue weighted by atomic mass is 10.3. The molecule has 0 aliphatic heterocycles. The number of rotatable bonds is 5. The molecule has 4 nitrogen and oxygen atoms in total. The van der Waals surface area contributed by atoms with E-state index in [0.29, 0.717) is 16.8 Å². The largest absolute Gasteiger partial charge is 0.486 e. The molecule has 0 amide bonds. The second-order valence-corrected chi connectivity index (χ2v) is 5.31. The van der Waals surface area contributed by atoms with Crippen molar-refractivity contribution >= 4 is 32.4 Å². The predicted octanol–water partition coefficient (Wildman–Crippen LogP) is 3.45. The highest BCUT2D eigenvalue weighted by Crippen LogP contribution is 2.23. The second-order valence-electron chi connectivity index (χ2n) is 3.40. The van der Waals surface area contributed by atoms with Crippen molar-refractivity contribution in [2.75, 3.05) is 11.9 Å². The van der Waals surface area contributed by atoms with Gasteiger partial charge in [-0.25, -0.2) is 4.39 Å². The van der Waals surface area contributed by atoms with Crippen LogP contribution in [0.5, 0.6) is 5.75 Å². The molecule has 0 bridgehead atoms. The lowest BCUT2D eigenvalue weighted by Crippen LogP contribution is -1.95. The summed E-state index contributed by atoms with van der Waals surface area (Å²) in [6.45, 7) is 3.12. The van der Waals surface area contributed by atoms with Gasteiger partial charge in [0.25, 0.3) is 0 Å². The summed E-state index contributed by atoms with van der Waals surface area (Å²) in [5, 5.41) is 12.6. The van der Waals surface area contributed by atoms with E-state index in [-0.39, 0.29) is 5.82 Å². The predicted molar refractivity (Wildman–Crippen MR) is 72.5 cm³/mol. The highest BCUT2D eigenvalue weighted by molar-refractivity contribution is 9.10. The van der Waals surface area contributed by atoms with Crippen LogP contribution in [0.15, 0.2) is 22.7 Å². The average molecular weight is 332 g/mol. The van der Waals surface area contributed by atoms with Crippen LogP contribution in [0.3, 0.4) is 0 Å². The maximum absolute atomic E-state index is 13.0. The van der Waals surface area contributed by atoms with Crippen LogP contribution in [0.25, 0.3) is 0 Å². The third-order valence-corrected chi connectivity index (χ3v) is 3.51. The van der Waals surface area contributed by atoms with Crippen LogP contribution < -0.4 is 10.1 Å². The smallest absolute Gasteiger partial charge is 0.205 e. The zero-order valence-corrected chi connectivity index (χ0v) is 12.0. The Hall–Kier alpha value is -1.21. The van der Waals surface area contributed by atoms with Crippen LogP contribution in [-0.4, -0.2) is 16.7 Å². The number of nitrogens with one attached hydrogen (secondary N) is 1. The summed E-state index contributed by atoms with van der Waals surface area (Å²) in [5.74, 6) is 0.274. The monoisotopic (exact) mass is 331 g/mol. The summed E-state index contributed by atoms with van der Waals surface area (Å²) in [6.07, 6.45) is 0. The summed E-state index contributed by atoms with van der Waals surface area (Å²) < 4.78 is 18.9. The first kappa shape index (κ1) is 13.2. The molecule has 0 fully saturated rings. The molecule has 1 N–H and O–H groups in total. The molecular formula is C11H11BrFN3OS. The summed E-state index contributed by atoms with van der Waals surface area (Å²) in [6, 6.07) is 4.51. The molecule has 0 saturated carbocycles. The van der Waals surface area contributed by atoms with Crippen LogP contribution in [-0.2, 0) is 6.61 Å². The van der Waals surface area contributed by atoms with Crippen LogP contribution in [0.2, 0.25) is 0 Å². The van der Waals surface area contributed by atoms with Gasteiger partial charge in [0.05, 0.1) is 4.47 Å². The Morgan fingerprint density at radius 2 is 2.28 bits per heavy atom. The van der Waals surface area contributed by atoms with Crippen molar-refractivity contribution < 1.29 is 9.13 Å². The van der Waals surface area contributed by atoms with Gasteiger partial charge >= 0.3 is 0 Å². The van der Waals surface area contributed by atoms with Crippen molar-refractivity contribution in [1.29, 1.82) is 0 Å². The van der Waals surface area contributed by atoms with E-state index in [1.54, 1.807) is 12.1 Å². The molecule has 0 spiro atoms. The molecule has 1 heterocycles. The highest BCUT2D eigenvalue weighted by atomic mass is 79.9. The average Bonchev–Trinajstić information content (AvgIpc) is 2.79. The lowest BCUT2D eigenvalue weighted by Gasteiger charge is -2.04. The molecule has 0 atom stereocenters.